The molecular weight excluding hydrogens is 328 g/mol. The van der Waals surface area contributed by atoms with Crippen LogP contribution in [-0.4, -0.2) is 61.6 Å². The molecule has 2 aromatic heterocycles. The van der Waals surface area contributed by atoms with Gasteiger partial charge in [-0.1, -0.05) is 13.8 Å². The fraction of sp³-hybridized carbons (Fsp3) is 0.737. The van der Waals surface area contributed by atoms with Gasteiger partial charge in [-0.05, 0) is 51.1 Å². The fourth-order valence-corrected chi connectivity index (χ4v) is 4.11. The molecular formula is C19H30N6O. The number of aromatic amines is 1. The highest BCUT2D eigenvalue weighted by atomic mass is 16.1. The van der Waals surface area contributed by atoms with Gasteiger partial charge < -0.3 is 0 Å². The van der Waals surface area contributed by atoms with E-state index < -0.39 is 0 Å². The molecule has 2 aliphatic rings. The highest BCUT2D eigenvalue weighted by Crippen LogP contribution is 2.32. The van der Waals surface area contributed by atoms with Crippen LogP contribution in [0.2, 0.25) is 0 Å². The van der Waals surface area contributed by atoms with Crippen LogP contribution < -0.4 is 5.56 Å². The molecule has 0 aromatic carbocycles. The fourth-order valence-electron chi connectivity index (χ4n) is 4.11. The minimum absolute atomic E-state index is 0.0869. The molecule has 0 unspecified atom stereocenters. The third-order valence-electron chi connectivity index (χ3n) is 5.67. The lowest BCUT2D eigenvalue weighted by Gasteiger charge is -2.34. The summed E-state index contributed by atoms with van der Waals surface area (Å²) in [7, 11) is 0. The molecule has 26 heavy (non-hydrogen) atoms. The summed E-state index contributed by atoms with van der Waals surface area (Å²) in [6, 6.07) is 2.22. The smallest absolute Gasteiger partial charge is 0.274 e. The van der Waals surface area contributed by atoms with Crippen molar-refractivity contribution >= 4 is 5.78 Å². The Morgan fingerprint density at radius 2 is 2.08 bits per heavy atom. The van der Waals surface area contributed by atoms with E-state index in [-0.39, 0.29) is 5.56 Å². The minimum atomic E-state index is -0.0869. The minimum Gasteiger partial charge on any atom is -0.299 e. The summed E-state index contributed by atoms with van der Waals surface area (Å²) >= 11 is 0. The Bertz CT molecular complexity index is 821. The summed E-state index contributed by atoms with van der Waals surface area (Å²) < 4.78 is 1.41. The molecule has 1 saturated heterocycles. The number of aromatic nitrogens is 4. The van der Waals surface area contributed by atoms with Crippen molar-refractivity contribution in [1.29, 1.82) is 0 Å². The van der Waals surface area contributed by atoms with E-state index in [0.717, 1.165) is 31.2 Å². The molecule has 7 heteroatoms. The third-order valence-corrected chi connectivity index (χ3v) is 5.67. The predicted octanol–water partition coefficient (Wildman–Crippen LogP) is 1.67. The van der Waals surface area contributed by atoms with Gasteiger partial charge in [0.1, 0.15) is 5.82 Å². The van der Waals surface area contributed by atoms with E-state index >= 15 is 0 Å². The van der Waals surface area contributed by atoms with Crippen molar-refractivity contribution in [1.82, 2.24) is 29.4 Å². The topological polar surface area (TPSA) is 69.5 Å². The second-order valence-electron chi connectivity index (χ2n) is 8.37. The molecule has 1 atom stereocenters. The van der Waals surface area contributed by atoms with Gasteiger partial charge in [-0.3, -0.25) is 19.7 Å². The Hall–Kier alpha value is -1.73. The molecule has 2 fully saturated rings. The molecule has 0 bridgehead atoms. The van der Waals surface area contributed by atoms with Crippen molar-refractivity contribution in [2.45, 2.75) is 52.6 Å². The van der Waals surface area contributed by atoms with Crippen LogP contribution in [0.4, 0.5) is 0 Å². The van der Waals surface area contributed by atoms with Crippen LogP contribution >= 0.6 is 0 Å². The number of nitrogens with zero attached hydrogens (tertiary/aromatic N) is 5. The van der Waals surface area contributed by atoms with Gasteiger partial charge in [0.15, 0.2) is 0 Å². The van der Waals surface area contributed by atoms with E-state index in [0.29, 0.717) is 23.6 Å². The predicted molar refractivity (Wildman–Crippen MR) is 101 cm³/mol. The van der Waals surface area contributed by atoms with E-state index in [9.17, 15) is 4.79 Å². The number of hydrogen-bond donors (Lipinski definition) is 1. The first-order valence-electron chi connectivity index (χ1n) is 9.91. The number of aryl methyl sites for hydroxylation is 1. The zero-order valence-corrected chi connectivity index (χ0v) is 16.1. The summed E-state index contributed by atoms with van der Waals surface area (Å²) in [5, 5.41) is 2.93. The van der Waals surface area contributed by atoms with Crippen LogP contribution in [-0.2, 0) is 6.54 Å². The lowest BCUT2D eigenvalue weighted by atomic mass is 10.0. The maximum absolute atomic E-state index is 12.3. The Kier molecular flexibility index (Phi) is 4.84. The lowest BCUT2D eigenvalue weighted by Crippen LogP contribution is -2.45. The number of nitrogens with one attached hydrogen (secondary N) is 1. The van der Waals surface area contributed by atoms with Crippen molar-refractivity contribution in [3.8, 4) is 0 Å². The van der Waals surface area contributed by atoms with Crippen molar-refractivity contribution in [2.75, 3.05) is 26.2 Å². The van der Waals surface area contributed by atoms with E-state index in [4.69, 9.17) is 0 Å². The van der Waals surface area contributed by atoms with Crippen molar-refractivity contribution in [3.05, 3.63) is 27.9 Å². The molecule has 0 spiro atoms. The van der Waals surface area contributed by atoms with Crippen LogP contribution in [0.1, 0.15) is 44.6 Å². The largest absolute Gasteiger partial charge is 0.299 e. The van der Waals surface area contributed by atoms with Crippen molar-refractivity contribution < 1.29 is 0 Å². The van der Waals surface area contributed by atoms with Gasteiger partial charge >= 0.3 is 0 Å². The van der Waals surface area contributed by atoms with Crippen LogP contribution in [0, 0.1) is 18.8 Å². The summed E-state index contributed by atoms with van der Waals surface area (Å²) in [6.07, 6.45) is 3.99. The Balaban J connectivity index is 1.51. The van der Waals surface area contributed by atoms with Gasteiger partial charge in [0.25, 0.3) is 11.3 Å². The number of hydrogen-bond acceptors (Lipinski definition) is 5. The zero-order valence-electron chi connectivity index (χ0n) is 16.1. The van der Waals surface area contributed by atoms with E-state index in [1.807, 2.05) is 6.92 Å². The van der Waals surface area contributed by atoms with E-state index in [2.05, 4.69) is 38.7 Å². The normalized spacial score (nSPS) is 23.0. The molecule has 1 aliphatic heterocycles. The maximum Gasteiger partial charge on any atom is 0.274 e. The number of fused-ring (bicyclic) bond motifs is 1. The van der Waals surface area contributed by atoms with Gasteiger partial charge in [0.2, 0.25) is 0 Å². The Morgan fingerprint density at radius 1 is 1.27 bits per heavy atom. The van der Waals surface area contributed by atoms with Gasteiger partial charge in [-0.15, -0.1) is 0 Å². The lowest BCUT2D eigenvalue weighted by molar-refractivity contribution is 0.131. The first-order valence-corrected chi connectivity index (χ1v) is 9.91. The average molecular weight is 358 g/mol. The van der Waals surface area contributed by atoms with Gasteiger partial charge in [-0.25, -0.2) is 4.98 Å². The molecule has 0 radical (unpaired) electrons. The van der Waals surface area contributed by atoms with Crippen LogP contribution in [0.3, 0.4) is 0 Å². The molecule has 4 rings (SSSR count). The van der Waals surface area contributed by atoms with Crippen LogP contribution in [0.15, 0.2) is 10.9 Å². The number of H-pyrrole nitrogens is 1. The van der Waals surface area contributed by atoms with Crippen LogP contribution in [0.25, 0.3) is 5.78 Å². The monoisotopic (exact) mass is 358 g/mol. The molecule has 142 valence electrons. The third kappa shape index (κ3) is 3.83. The SMILES string of the molecule is Cc1nc2nc(CN3CCCN(CC4CC4)[C@H](C(C)C)C3)cc(=O)n2[nH]1. The second kappa shape index (κ2) is 7.12. The molecule has 1 N–H and O–H groups in total. The summed E-state index contributed by atoms with van der Waals surface area (Å²) in [5.74, 6) is 2.73. The van der Waals surface area contributed by atoms with E-state index in [1.165, 1.54) is 36.9 Å². The molecule has 2 aromatic rings. The highest BCUT2D eigenvalue weighted by Gasteiger charge is 2.32. The first kappa shape index (κ1) is 17.7. The van der Waals surface area contributed by atoms with Gasteiger partial charge in [0, 0.05) is 31.7 Å². The highest BCUT2D eigenvalue weighted by molar-refractivity contribution is 5.27. The van der Waals surface area contributed by atoms with Crippen LogP contribution in [0.5, 0.6) is 0 Å². The Labute approximate surface area is 154 Å². The zero-order chi connectivity index (χ0) is 18.3. The average Bonchev–Trinajstić information content (AvgIpc) is 3.33. The number of rotatable bonds is 5. The summed E-state index contributed by atoms with van der Waals surface area (Å²) in [4.78, 5) is 26.4. The standard InChI is InChI=1S/C19H30N6O/c1-13(2)17-12-23(7-4-8-24(17)10-15-5-6-15)11-16-9-18(26)25-19(21-16)20-14(3)22-25/h9,13,15,17H,4-8,10-12H2,1-3H3,(H,20,21,22)/t17-/m0/s1. The molecule has 7 nitrogen and oxygen atoms in total. The van der Waals surface area contributed by atoms with Crippen molar-refractivity contribution in [2.24, 2.45) is 11.8 Å². The second-order valence-corrected chi connectivity index (χ2v) is 8.37. The van der Waals surface area contributed by atoms with Crippen molar-refractivity contribution in [3.63, 3.8) is 0 Å². The quantitative estimate of drug-likeness (QED) is 0.880. The summed E-state index contributed by atoms with van der Waals surface area (Å²) in [6.45, 7) is 11.8. The van der Waals surface area contributed by atoms with Gasteiger partial charge in [-0.2, -0.15) is 9.50 Å². The summed E-state index contributed by atoms with van der Waals surface area (Å²) in [5.41, 5.74) is 0.732. The first-order chi connectivity index (χ1) is 12.5. The molecule has 1 aliphatic carbocycles. The van der Waals surface area contributed by atoms with Gasteiger partial charge in [0.05, 0.1) is 5.69 Å². The molecule has 1 saturated carbocycles. The molecule has 3 heterocycles. The van der Waals surface area contributed by atoms with E-state index in [1.54, 1.807) is 6.07 Å². The Morgan fingerprint density at radius 3 is 2.81 bits per heavy atom. The molecule has 0 amide bonds. The maximum atomic E-state index is 12.3.